The van der Waals surface area contributed by atoms with E-state index in [4.69, 9.17) is 16.6 Å². The second-order valence-electron chi connectivity index (χ2n) is 5.31. The van der Waals surface area contributed by atoms with Crippen LogP contribution in [-0.2, 0) is 6.67 Å². The molecule has 1 aromatic carbocycles. The predicted octanol–water partition coefficient (Wildman–Crippen LogP) is 3.62. The average molecular weight is 289 g/mol. The number of benzene rings is 1. The summed E-state index contributed by atoms with van der Waals surface area (Å²) in [5.41, 5.74) is 2.16. The maximum atomic E-state index is 5.66. The molecule has 0 bridgehead atoms. The Morgan fingerprint density at radius 1 is 1.20 bits per heavy atom. The molecule has 1 saturated heterocycles. The maximum absolute atomic E-state index is 5.66. The number of aryl methyl sites for hydroxylation is 1. The van der Waals surface area contributed by atoms with Crippen LogP contribution >= 0.6 is 12.2 Å². The van der Waals surface area contributed by atoms with E-state index >= 15 is 0 Å². The monoisotopic (exact) mass is 289 g/mol. The Bertz CT molecular complexity index is 641. The van der Waals surface area contributed by atoms with Crippen molar-refractivity contribution in [3.63, 3.8) is 0 Å². The van der Waals surface area contributed by atoms with Gasteiger partial charge >= 0.3 is 0 Å². The van der Waals surface area contributed by atoms with Gasteiger partial charge in [-0.3, -0.25) is 4.90 Å². The van der Waals surface area contributed by atoms with Gasteiger partial charge in [-0.2, -0.15) is 0 Å². The molecule has 0 saturated carbocycles. The van der Waals surface area contributed by atoms with Gasteiger partial charge in [-0.05, 0) is 56.7 Å². The Kier molecular flexibility index (Phi) is 3.98. The van der Waals surface area contributed by atoms with E-state index in [1.807, 2.05) is 18.2 Å². The Morgan fingerprint density at radius 2 is 1.95 bits per heavy atom. The molecule has 0 N–H and O–H groups in total. The van der Waals surface area contributed by atoms with Crippen LogP contribution in [0.15, 0.2) is 28.7 Å². The molecule has 0 spiro atoms. The Morgan fingerprint density at radius 3 is 2.70 bits per heavy atom. The summed E-state index contributed by atoms with van der Waals surface area (Å²) in [5.74, 6) is 0.616. The van der Waals surface area contributed by atoms with Crippen molar-refractivity contribution in [2.75, 3.05) is 13.1 Å². The summed E-state index contributed by atoms with van der Waals surface area (Å²) < 4.78 is 7.46. The molecule has 5 heteroatoms. The molecule has 2 aromatic rings. The fraction of sp³-hybridized carbons (Fsp3) is 0.467. The fourth-order valence-electron chi connectivity index (χ4n) is 2.61. The predicted molar refractivity (Wildman–Crippen MR) is 80.9 cm³/mol. The van der Waals surface area contributed by atoms with E-state index in [0.29, 0.717) is 10.7 Å². The van der Waals surface area contributed by atoms with Crippen LogP contribution in [-0.4, -0.2) is 27.8 Å². The minimum Gasteiger partial charge on any atom is -0.409 e. The lowest BCUT2D eigenvalue weighted by Crippen LogP contribution is -2.32. The van der Waals surface area contributed by atoms with Gasteiger partial charge in [0.2, 0.25) is 5.89 Å². The lowest BCUT2D eigenvalue weighted by Gasteiger charge is -2.25. The normalized spacial score (nSPS) is 16.4. The van der Waals surface area contributed by atoms with Gasteiger partial charge in [-0.25, -0.2) is 4.68 Å². The van der Waals surface area contributed by atoms with E-state index in [9.17, 15) is 0 Å². The minimum atomic E-state index is 0.453. The summed E-state index contributed by atoms with van der Waals surface area (Å²) in [4.78, 5) is 2.83. The quantitative estimate of drug-likeness (QED) is 0.808. The summed E-state index contributed by atoms with van der Waals surface area (Å²) in [5, 5.41) is 4.54. The molecule has 1 aliphatic rings. The fourth-order valence-corrected chi connectivity index (χ4v) is 2.79. The summed E-state index contributed by atoms with van der Waals surface area (Å²) in [6.07, 6.45) is 3.85. The van der Waals surface area contributed by atoms with Crippen LogP contribution in [0.1, 0.15) is 24.8 Å². The largest absolute Gasteiger partial charge is 0.409 e. The number of hydrogen-bond acceptors (Lipinski definition) is 4. The molecule has 106 valence electrons. The number of rotatable bonds is 3. The molecule has 1 fully saturated rings. The molecular formula is C15H19N3OS. The van der Waals surface area contributed by atoms with Gasteiger partial charge < -0.3 is 4.42 Å². The van der Waals surface area contributed by atoms with Crippen LogP contribution in [0.3, 0.4) is 0 Å². The van der Waals surface area contributed by atoms with Crippen LogP contribution in [0.2, 0.25) is 0 Å². The van der Waals surface area contributed by atoms with Crippen LogP contribution in [0.4, 0.5) is 0 Å². The van der Waals surface area contributed by atoms with Gasteiger partial charge in [0.05, 0.1) is 6.67 Å². The average Bonchev–Trinajstić information content (AvgIpc) is 2.81. The van der Waals surface area contributed by atoms with E-state index < -0.39 is 0 Å². The third kappa shape index (κ3) is 2.83. The first-order valence-corrected chi connectivity index (χ1v) is 7.51. The molecule has 0 unspecified atom stereocenters. The molecule has 0 amide bonds. The highest BCUT2D eigenvalue weighted by Gasteiger charge is 2.14. The van der Waals surface area contributed by atoms with Gasteiger partial charge in [0.1, 0.15) is 0 Å². The molecule has 3 rings (SSSR count). The molecule has 1 aromatic heterocycles. The Balaban J connectivity index is 1.84. The first kappa shape index (κ1) is 13.5. The van der Waals surface area contributed by atoms with E-state index in [1.54, 1.807) is 4.68 Å². The van der Waals surface area contributed by atoms with Gasteiger partial charge in [-0.15, -0.1) is 5.10 Å². The summed E-state index contributed by atoms with van der Waals surface area (Å²) in [6, 6.07) is 8.07. The summed E-state index contributed by atoms with van der Waals surface area (Å²) in [7, 11) is 0. The zero-order valence-electron chi connectivity index (χ0n) is 11.7. The van der Waals surface area contributed by atoms with Gasteiger partial charge in [-0.1, -0.05) is 24.6 Å². The highest BCUT2D eigenvalue weighted by Crippen LogP contribution is 2.22. The molecule has 0 aliphatic carbocycles. The first-order valence-electron chi connectivity index (χ1n) is 7.10. The highest BCUT2D eigenvalue weighted by molar-refractivity contribution is 7.71. The molecule has 0 radical (unpaired) electrons. The second-order valence-corrected chi connectivity index (χ2v) is 5.66. The summed E-state index contributed by atoms with van der Waals surface area (Å²) >= 11 is 5.29. The zero-order chi connectivity index (χ0) is 13.9. The number of piperidine rings is 1. The molecule has 0 atom stereocenters. The SMILES string of the molecule is Cc1ccccc1-c1nn(CN2CCCCC2)c(=S)o1. The standard InChI is InChI=1S/C15H19N3OS/c1-12-7-3-4-8-13(12)14-16-18(15(20)19-14)11-17-9-5-2-6-10-17/h3-4,7-8H,2,5-6,9-11H2,1H3. The number of aromatic nitrogens is 2. The van der Waals surface area contributed by atoms with Crippen molar-refractivity contribution >= 4 is 12.2 Å². The van der Waals surface area contributed by atoms with Crippen molar-refractivity contribution in [3.05, 3.63) is 34.7 Å². The molecule has 2 heterocycles. The topological polar surface area (TPSA) is 34.2 Å². The van der Waals surface area contributed by atoms with E-state index in [0.717, 1.165) is 30.9 Å². The second kappa shape index (κ2) is 5.89. The smallest absolute Gasteiger partial charge is 0.288 e. The van der Waals surface area contributed by atoms with Crippen molar-refractivity contribution in [3.8, 4) is 11.5 Å². The Labute approximate surface area is 124 Å². The van der Waals surface area contributed by atoms with Crippen LogP contribution < -0.4 is 0 Å². The maximum Gasteiger partial charge on any atom is 0.288 e. The van der Waals surface area contributed by atoms with Gasteiger partial charge in [0.15, 0.2) is 0 Å². The van der Waals surface area contributed by atoms with Crippen molar-refractivity contribution in [2.45, 2.75) is 32.9 Å². The molecular weight excluding hydrogens is 270 g/mol. The third-order valence-electron chi connectivity index (χ3n) is 3.76. The number of likely N-dealkylation sites (tertiary alicyclic amines) is 1. The number of hydrogen-bond donors (Lipinski definition) is 0. The van der Waals surface area contributed by atoms with E-state index in [1.165, 1.54) is 19.3 Å². The van der Waals surface area contributed by atoms with Crippen molar-refractivity contribution in [1.82, 2.24) is 14.7 Å². The van der Waals surface area contributed by atoms with Crippen molar-refractivity contribution in [2.24, 2.45) is 0 Å². The number of nitrogens with zero attached hydrogens (tertiary/aromatic N) is 3. The van der Waals surface area contributed by atoms with Crippen LogP contribution in [0, 0.1) is 11.8 Å². The van der Waals surface area contributed by atoms with Gasteiger partial charge in [0.25, 0.3) is 4.84 Å². The highest BCUT2D eigenvalue weighted by atomic mass is 32.1. The van der Waals surface area contributed by atoms with E-state index in [-0.39, 0.29) is 0 Å². The van der Waals surface area contributed by atoms with E-state index in [2.05, 4.69) is 23.0 Å². The van der Waals surface area contributed by atoms with Crippen LogP contribution in [0.5, 0.6) is 0 Å². The van der Waals surface area contributed by atoms with Gasteiger partial charge in [0, 0.05) is 5.56 Å². The molecule has 4 nitrogen and oxygen atoms in total. The molecule has 20 heavy (non-hydrogen) atoms. The van der Waals surface area contributed by atoms with Crippen LogP contribution in [0.25, 0.3) is 11.5 Å². The summed E-state index contributed by atoms with van der Waals surface area (Å²) in [6.45, 7) is 5.02. The third-order valence-corrected chi connectivity index (χ3v) is 4.06. The van der Waals surface area contributed by atoms with Crippen molar-refractivity contribution in [1.29, 1.82) is 0 Å². The molecule has 1 aliphatic heterocycles. The lowest BCUT2D eigenvalue weighted by molar-refractivity contribution is 0.170. The lowest BCUT2D eigenvalue weighted by atomic mass is 10.1. The first-order chi connectivity index (χ1) is 9.74. The van der Waals surface area contributed by atoms with Crippen molar-refractivity contribution < 1.29 is 4.42 Å². The zero-order valence-corrected chi connectivity index (χ0v) is 12.5. The Hall–Kier alpha value is -1.46. The minimum absolute atomic E-state index is 0.453.